The van der Waals surface area contributed by atoms with Crippen LogP contribution in [0.2, 0.25) is 0 Å². The highest BCUT2D eigenvalue weighted by Crippen LogP contribution is 2.41. The van der Waals surface area contributed by atoms with Gasteiger partial charge in [0, 0.05) is 5.70 Å². The summed E-state index contributed by atoms with van der Waals surface area (Å²) in [6.45, 7) is 2.19. The van der Waals surface area contributed by atoms with E-state index in [2.05, 4.69) is 17.6 Å². The minimum atomic E-state index is -0.264. The van der Waals surface area contributed by atoms with Crippen molar-refractivity contribution >= 4 is 23.4 Å². The smallest absolute Gasteiger partial charge is 0.171 e. The summed E-state index contributed by atoms with van der Waals surface area (Å²) >= 11 is 5.41. The van der Waals surface area contributed by atoms with Gasteiger partial charge in [0.15, 0.2) is 5.11 Å². The maximum Gasteiger partial charge on any atom is 0.171 e. The zero-order valence-electron chi connectivity index (χ0n) is 14.9. The van der Waals surface area contributed by atoms with E-state index in [1.165, 1.54) is 18.2 Å². The van der Waals surface area contributed by atoms with Gasteiger partial charge in [0.05, 0.1) is 6.04 Å². The number of thiocarbonyl (C=S) groups is 1. The standard InChI is InChI=1S/C22H20F2N2S/c1-13-8-16(10-14-4-2-6-17(23)11-14)21-19(9-13)20(25-22(27)26-21)15-5-3-7-18(24)12-15/h2-7,10-13,20H,8-9H2,1H3,(H2,25,26,27)/b16-10+/t13-,20-/m0/s1. The number of hydrogen-bond acceptors (Lipinski definition) is 1. The lowest BCUT2D eigenvalue weighted by Gasteiger charge is -2.38. The van der Waals surface area contributed by atoms with Crippen molar-refractivity contribution in [3.05, 3.63) is 88.1 Å². The first kappa shape index (κ1) is 17.9. The van der Waals surface area contributed by atoms with Gasteiger partial charge < -0.3 is 10.6 Å². The van der Waals surface area contributed by atoms with E-state index in [4.69, 9.17) is 12.2 Å². The second-order valence-electron chi connectivity index (χ2n) is 7.22. The third-order valence-corrected chi connectivity index (χ3v) is 5.23. The molecule has 2 aromatic rings. The van der Waals surface area contributed by atoms with Crippen LogP contribution in [0.15, 0.2) is 65.4 Å². The van der Waals surface area contributed by atoms with Crippen molar-refractivity contribution in [3.8, 4) is 0 Å². The molecule has 2 aliphatic rings. The number of nitrogens with one attached hydrogen (secondary N) is 2. The molecular formula is C22H20F2N2S. The van der Waals surface area contributed by atoms with Crippen molar-refractivity contribution < 1.29 is 8.78 Å². The van der Waals surface area contributed by atoms with Gasteiger partial charge in [-0.2, -0.15) is 0 Å². The van der Waals surface area contributed by atoms with Crippen LogP contribution >= 0.6 is 12.2 Å². The zero-order chi connectivity index (χ0) is 19.0. The van der Waals surface area contributed by atoms with Crippen LogP contribution in [0.1, 0.15) is 36.9 Å². The molecule has 2 aromatic carbocycles. The topological polar surface area (TPSA) is 24.1 Å². The van der Waals surface area contributed by atoms with Gasteiger partial charge in [0.1, 0.15) is 11.6 Å². The number of rotatable bonds is 2. The first-order valence-electron chi connectivity index (χ1n) is 9.02. The lowest BCUT2D eigenvalue weighted by atomic mass is 9.78. The van der Waals surface area contributed by atoms with Crippen LogP contribution in [0.3, 0.4) is 0 Å². The second kappa shape index (κ2) is 7.24. The molecule has 2 atom stereocenters. The van der Waals surface area contributed by atoms with Crippen molar-refractivity contribution in [2.45, 2.75) is 25.8 Å². The predicted molar refractivity (Wildman–Crippen MR) is 108 cm³/mol. The van der Waals surface area contributed by atoms with Gasteiger partial charge in [-0.25, -0.2) is 8.78 Å². The van der Waals surface area contributed by atoms with Crippen LogP contribution in [-0.4, -0.2) is 5.11 Å². The van der Waals surface area contributed by atoms with Gasteiger partial charge in [0.25, 0.3) is 0 Å². The quantitative estimate of drug-likeness (QED) is 0.694. The van der Waals surface area contributed by atoms with E-state index < -0.39 is 0 Å². The van der Waals surface area contributed by atoms with Crippen molar-refractivity contribution in [1.29, 1.82) is 0 Å². The summed E-state index contributed by atoms with van der Waals surface area (Å²) in [5.41, 5.74) is 4.91. The van der Waals surface area contributed by atoms with E-state index in [0.717, 1.165) is 40.8 Å². The van der Waals surface area contributed by atoms with Crippen LogP contribution in [0, 0.1) is 17.6 Å². The van der Waals surface area contributed by atoms with Crippen LogP contribution in [0.25, 0.3) is 6.08 Å². The van der Waals surface area contributed by atoms with Gasteiger partial charge >= 0.3 is 0 Å². The Kier molecular flexibility index (Phi) is 4.79. The Labute approximate surface area is 163 Å². The summed E-state index contributed by atoms with van der Waals surface area (Å²) < 4.78 is 27.4. The summed E-state index contributed by atoms with van der Waals surface area (Å²) in [7, 11) is 0. The molecule has 0 fully saturated rings. The third-order valence-electron chi connectivity index (χ3n) is 5.01. The average Bonchev–Trinajstić information content (AvgIpc) is 2.62. The van der Waals surface area contributed by atoms with Crippen LogP contribution in [0.4, 0.5) is 8.78 Å². The number of allylic oxidation sites excluding steroid dienone is 1. The molecule has 2 N–H and O–H groups in total. The second-order valence-corrected chi connectivity index (χ2v) is 7.63. The molecule has 1 aliphatic heterocycles. The summed E-state index contributed by atoms with van der Waals surface area (Å²) in [4.78, 5) is 0. The first-order valence-corrected chi connectivity index (χ1v) is 9.43. The third kappa shape index (κ3) is 3.78. The van der Waals surface area contributed by atoms with E-state index >= 15 is 0 Å². The average molecular weight is 382 g/mol. The fourth-order valence-electron chi connectivity index (χ4n) is 3.92. The fourth-order valence-corrected chi connectivity index (χ4v) is 4.14. The van der Waals surface area contributed by atoms with Crippen molar-refractivity contribution in [2.24, 2.45) is 5.92 Å². The van der Waals surface area contributed by atoms with Gasteiger partial charge in [-0.15, -0.1) is 0 Å². The van der Waals surface area contributed by atoms with Gasteiger partial charge in [-0.1, -0.05) is 31.2 Å². The maximum atomic E-state index is 13.8. The molecule has 0 saturated heterocycles. The Bertz CT molecular complexity index is 964. The lowest BCUT2D eigenvalue weighted by molar-refractivity contribution is 0.499. The molecular weight excluding hydrogens is 362 g/mol. The van der Waals surface area contributed by atoms with Crippen molar-refractivity contribution in [3.63, 3.8) is 0 Å². The molecule has 2 nitrogen and oxygen atoms in total. The number of benzene rings is 2. The highest BCUT2D eigenvalue weighted by atomic mass is 32.1. The summed E-state index contributed by atoms with van der Waals surface area (Å²) in [6.07, 6.45) is 3.78. The summed E-state index contributed by atoms with van der Waals surface area (Å²) in [6, 6.07) is 13.0. The van der Waals surface area contributed by atoms with Gasteiger partial charge in [0.2, 0.25) is 0 Å². The van der Waals surface area contributed by atoms with Gasteiger partial charge in [-0.05, 0) is 83.6 Å². The van der Waals surface area contributed by atoms with E-state index in [9.17, 15) is 8.78 Å². The van der Waals surface area contributed by atoms with E-state index in [1.54, 1.807) is 18.2 Å². The molecule has 0 spiro atoms. The van der Waals surface area contributed by atoms with Crippen LogP contribution in [0.5, 0.6) is 0 Å². The zero-order valence-corrected chi connectivity index (χ0v) is 15.7. The summed E-state index contributed by atoms with van der Waals surface area (Å²) in [5, 5.41) is 7.08. The number of halogens is 2. The van der Waals surface area contributed by atoms with Crippen LogP contribution < -0.4 is 10.6 Å². The summed E-state index contributed by atoms with van der Waals surface area (Å²) in [5.74, 6) is -0.0935. The van der Waals surface area contributed by atoms with E-state index in [0.29, 0.717) is 11.0 Å². The molecule has 1 heterocycles. The largest absolute Gasteiger partial charge is 0.352 e. The maximum absolute atomic E-state index is 13.8. The fraction of sp³-hybridized carbons (Fsp3) is 0.227. The minimum absolute atomic E-state index is 0.164. The molecule has 0 unspecified atom stereocenters. The van der Waals surface area contributed by atoms with Crippen LogP contribution in [-0.2, 0) is 0 Å². The molecule has 0 bridgehead atoms. The molecule has 27 heavy (non-hydrogen) atoms. The minimum Gasteiger partial charge on any atom is -0.352 e. The molecule has 5 heteroatoms. The SMILES string of the molecule is C[C@@H]1CC2=C(NC(=S)N[C@H]2c2cccc(F)c2)/C(=C/c2cccc(F)c2)C1. The molecule has 4 rings (SSSR count). The molecule has 0 saturated carbocycles. The monoisotopic (exact) mass is 382 g/mol. The molecule has 0 amide bonds. The Morgan fingerprint density at radius 1 is 1.04 bits per heavy atom. The molecule has 0 radical (unpaired) electrons. The van der Waals surface area contributed by atoms with Gasteiger partial charge in [-0.3, -0.25) is 0 Å². The highest BCUT2D eigenvalue weighted by molar-refractivity contribution is 7.80. The van der Waals surface area contributed by atoms with E-state index in [-0.39, 0.29) is 17.7 Å². The first-order chi connectivity index (χ1) is 13.0. The van der Waals surface area contributed by atoms with Crippen molar-refractivity contribution in [2.75, 3.05) is 0 Å². The molecule has 138 valence electrons. The Balaban J connectivity index is 1.81. The molecule has 0 aromatic heterocycles. The lowest BCUT2D eigenvalue weighted by Crippen LogP contribution is -2.45. The Morgan fingerprint density at radius 3 is 2.52 bits per heavy atom. The normalized spacial score (nSPS) is 23.7. The Hall–Kier alpha value is -2.53. The van der Waals surface area contributed by atoms with E-state index in [1.807, 2.05) is 18.2 Å². The molecule has 1 aliphatic carbocycles. The van der Waals surface area contributed by atoms with Crippen molar-refractivity contribution in [1.82, 2.24) is 10.6 Å². The number of hydrogen-bond donors (Lipinski definition) is 2. The predicted octanol–water partition coefficient (Wildman–Crippen LogP) is 5.25. The highest BCUT2D eigenvalue weighted by Gasteiger charge is 2.32. The Morgan fingerprint density at radius 2 is 1.78 bits per heavy atom.